The van der Waals surface area contributed by atoms with Gasteiger partial charge in [0.05, 0.1) is 5.56 Å². The third-order valence-corrected chi connectivity index (χ3v) is 4.87. The fraction of sp³-hybridized carbons (Fsp3) is 0.500. The van der Waals surface area contributed by atoms with Crippen molar-refractivity contribution in [2.45, 2.75) is 51.3 Å². The Morgan fingerprint density at radius 2 is 1.84 bits per heavy atom. The molecule has 1 aliphatic rings. The van der Waals surface area contributed by atoms with Gasteiger partial charge < -0.3 is 18.5 Å². The normalized spacial score (nSPS) is 15.9. The van der Waals surface area contributed by atoms with Gasteiger partial charge in [0.15, 0.2) is 5.58 Å². The molecule has 1 fully saturated rings. The molecule has 0 aliphatic carbocycles. The molecule has 1 aliphatic heterocycles. The van der Waals surface area contributed by atoms with Crippen LogP contribution in [0.1, 0.15) is 51.0 Å². The number of nitrogens with one attached hydrogen (secondary N) is 1. The fourth-order valence-electron chi connectivity index (χ4n) is 3.33. The van der Waals surface area contributed by atoms with Gasteiger partial charge in [0.1, 0.15) is 11.1 Å². The van der Waals surface area contributed by atoms with Gasteiger partial charge >= 0.3 is 24.3 Å². The third kappa shape index (κ3) is 4.94. The van der Waals surface area contributed by atoms with Gasteiger partial charge in [0.2, 0.25) is 5.89 Å². The fourth-order valence-corrected chi connectivity index (χ4v) is 3.33. The predicted molar refractivity (Wildman–Crippen MR) is 106 cm³/mol. The highest BCUT2D eigenvalue weighted by atomic mass is 19.4. The van der Waals surface area contributed by atoms with Crippen molar-refractivity contribution in [2.75, 3.05) is 18.4 Å². The highest BCUT2D eigenvalue weighted by molar-refractivity contribution is 5.75. The Balaban J connectivity index is 1.38. The van der Waals surface area contributed by atoms with Crippen molar-refractivity contribution >= 4 is 29.2 Å². The number of oxazole rings is 1. The molecule has 0 spiro atoms. The van der Waals surface area contributed by atoms with Crippen molar-refractivity contribution in [1.29, 1.82) is 0 Å². The zero-order valence-electron chi connectivity index (χ0n) is 17.7. The average Bonchev–Trinajstić information content (AvgIpc) is 3.32. The topological polar surface area (TPSA) is 107 Å². The number of benzene rings is 1. The first kappa shape index (κ1) is 21.9. The van der Waals surface area contributed by atoms with Gasteiger partial charge in [0.25, 0.3) is 0 Å². The Kier molecular flexibility index (Phi) is 5.47. The van der Waals surface area contributed by atoms with Crippen LogP contribution in [0.3, 0.4) is 0 Å². The molecule has 0 unspecified atom stereocenters. The van der Waals surface area contributed by atoms with E-state index in [4.69, 9.17) is 13.6 Å². The highest BCUT2D eigenvalue weighted by Gasteiger charge is 2.32. The third-order valence-electron chi connectivity index (χ3n) is 4.87. The minimum atomic E-state index is -4.47. The number of anilines is 2. The molecule has 0 saturated carbocycles. The maximum atomic E-state index is 12.9. The van der Waals surface area contributed by atoms with E-state index in [1.165, 1.54) is 6.07 Å². The predicted octanol–water partition coefficient (Wildman–Crippen LogP) is 5.09. The van der Waals surface area contributed by atoms with E-state index in [9.17, 15) is 18.0 Å². The molecule has 32 heavy (non-hydrogen) atoms. The molecular formula is C20H22F3N5O4. The Bertz CT molecular complexity index is 1110. The van der Waals surface area contributed by atoms with Gasteiger partial charge in [-0.25, -0.2) is 4.79 Å². The van der Waals surface area contributed by atoms with E-state index in [1.54, 1.807) is 4.90 Å². The van der Waals surface area contributed by atoms with Crippen LogP contribution in [0.5, 0.6) is 0 Å². The van der Waals surface area contributed by atoms with Crippen molar-refractivity contribution in [2.24, 2.45) is 0 Å². The van der Waals surface area contributed by atoms with Crippen molar-refractivity contribution in [1.82, 2.24) is 20.1 Å². The minimum Gasteiger partial charge on any atom is -0.444 e. The number of carbonyl (C=O) groups is 1. The van der Waals surface area contributed by atoms with Crippen molar-refractivity contribution < 1.29 is 31.5 Å². The summed E-state index contributed by atoms with van der Waals surface area (Å²) < 4.78 is 55.0. The van der Waals surface area contributed by atoms with Gasteiger partial charge in [-0.15, -0.1) is 5.10 Å². The number of hydrogen-bond donors (Lipinski definition) is 1. The number of rotatable bonds is 3. The Hall–Kier alpha value is -3.31. The lowest BCUT2D eigenvalue weighted by molar-refractivity contribution is -0.137. The number of carbonyl (C=O) groups excluding carboxylic acids is 1. The molecule has 9 nitrogen and oxygen atoms in total. The minimum absolute atomic E-state index is 0.0113. The number of halogens is 3. The van der Waals surface area contributed by atoms with Crippen LogP contribution in [-0.2, 0) is 10.9 Å². The van der Waals surface area contributed by atoms with Crippen LogP contribution in [0.25, 0.3) is 11.1 Å². The van der Waals surface area contributed by atoms with Crippen molar-refractivity contribution in [3.05, 3.63) is 29.7 Å². The number of likely N-dealkylation sites (tertiary alicyclic amines) is 1. The first-order valence-corrected chi connectivity index (χ1v) is 10.0. The number of hydrogen-bond acceptors (Lipinski definition) is 8. The summed E-state index contributed by atoms with van der Waals surface area (Å²) in [6.07, 6.45) is -3.57. The molecule has 1 aromatic carbocycles. The monoisotopic (exact) mass is 453 g/mol. The van der Waals surface area contributed by atoms with Crippen LogP contribution in [0.15, 0.2) is 27.0 Å². The Morgan fingerprint density at radius 3 is 2.50 bits per heavy atom. The second kappa shape index (κ2) is 7.99. The van der Waals surface area contributed by atoms with E-state index < -0.39 is 17.3 Å². The number of alkyl halides is 3. The largest absolute Gasteiger partial charge is 0.444 e. The first-order valence-electron chi connectivity index (χ1n) is 10.0. The summed E-state index contributed by atoms with van der Waals surface area (Å²) in [5.74, 6) is 0.363. The number of aromatic nitrogens is 3. The molecule has 12 heteroatoms. The number of fused-ring (bicyclic) bond motifs is 1. The van der Waals surface area contributed by atoms with Gasteiger partial charge in [-0.3, -0.25) is 5.32 Å². The molecule has 1 N–H and O–H groups in total. The van der Waals surface area contributed by atoms with E-state index in [0.29, 0.717) is 31.8 Å². The lowest BCUT2D eigenvalue weighted by atomic mass is 9.97. The Labute approximate surface area is 180 Å². The van der Waals surface area contributed by atoms with Crippen LogP contribution in [0.2, 0.25) is 0 Å². The Morgan fingerprint density at radius 1 is 1.12 bits per heavy atom. The van der Waals surface area contributed by atoms with E-state index in [-0.39, 0.29) is 35.1 Å². The molecule has 172 valence electrons. The summed E-state index contributed by atoms with van der Waals surface area (Å²) >= 11 is 0. The van der Waals surface area contributed by atoms with E-state index >= 15 is 0 Å². The molecule has 2 aromatic heterocycles. The van der Waals surface area contributed by atoms with E-state index in [0.717, 1.165) is 12.1 Å². The van der Waals surface area contributed by atoms with Crippen LogP contribution < -0.4 is 5.32 Å². The zero-order chi connectivity index (χ0) is 23.1. The molecule has 0 radical (unpaired) electrons. The van der Waals surface area contributed by atoms with Crippen LogP contribution >= 0.6 is 0 Å². The molecule has 0 bridgehead atoms. The smallest absolute Gasteiger partial charge is 0.416 e. The molecule has 1 amide bonds. The number of ether oxygens (including phenoxy) is 1. The molecular weight excluding hydrogens is 431 g/mol. The van der Waals surface area contributed by atoms with Gasteiger partial charge in [0, 0.05) is 19.0 Å². The number of nitrogens with zero attached hydrogens (tertiary/aromatic N) is 4. The summed E-state index contributed by atoms with van der Waals surface area (Å²) in [6.45, 7) is 6.44. The summed E-state index contributed by atoms with van der Waals surface area (Å²) in [5.41, 5.74) is -1.13. The SMILES string of the molecule is CC(C)(C)OC(=O)N1CCC(c2nnc(Nc3nc4cc(C(F)(F)F)ccc4o3)o2)CC1. The number of piperidine rings is 1. The van der Waals surface area contributed by atoms with E-state index in [1.807, 2.05) is 20.8 Å². The standard InChI is InChI=1S/C20H22F3N5O4/c1-19(2,3)32-18(29)28-8-6-11(7-9-28)15-26-27-17(31-15)25-16-24-13-10-12(20(21,22)23)4-5-14(13)30-16/h4-5,10-11H,6-9H2,1-3H3,(H,24,25,27). The quantitative estimate of drug-likeness (QED) is 0.585. The highest BCUT2D eigenvalue weighted by Crippen LogP contribution is 2.33. The second-order valence-corrected chi connectivity index (χ2v) is 8.51. The zero-order valence-corrected chi connectivity index (χ0v) is 17.7. The summed E-state index contributed by atoms with van der Waals surface area (Å²) in [4.78, 5) is 17.8. The van der Waals surface area contributed by atoms with Gasteiger partial charge in [-0.2, -0.15) is 18.2 Å². The number of amides is 1. The van der Waals surface area contributed by atoms with E-state index in [2.05, 4.69) is 20.5 Å². The summed E-state index contributed by atoms with van der Waals surface area (Å²) in [6, 6.07) is 2.98. The van der Waals surface area contributed by atoms with Crippen molar-refractivity contribution in [3.8, 4) is 0 Å². The average molecular weight is 453 g/mol. The lowest BCUT2D eigenvalue weighted by Crippen LogP contribution is -2.41. The van der Waals surface area contributed by atoms with Gasteiger partial charge in [-0.1, -0.05) is 5.10 Å². The lowest BCUT2D eigenvalue weighted by Gasteiger charge is -2.32. The maximum absolute atomic E-state index is 12.9. The molecule has 4 rings (SSSR count). The maximum Gasteiger partial charge on any atom is 0.416 e. The summed E-state index contributed by atoms with van der Waals surface area (Å²) in [5, 5.41) is 10.6. The van der Waals surface area contributed by atoms with Crippen LogP contribution in [0, 0.1) is 0 Å². The second-order valence-electron chi connectivity index (χ2n) is 8.51. The van der Waals surface area contributed by atoms with Crippen LogP contribution in [-0.4, -0.2) is 44.9 Å². The molecule has 3 heterocycles. The van der Waals surface area contributed by atoms with Gasteiger partial charge in [-0.05, 0) is 51.8 Å². The van der Waals surface area contributed by atoms with Crippen molar-refractivity contribution in [3.63, 3.8) is 0 Å². The first-order chi connectivity index (χ1) is 15.0. The van der Waals surface area contributed by atoms with Crippen LogP contribution in [0.4, 0.5) is 30.0 Å². The molecule has 1 saturated heterocycles. The summed E-state index contributed by atoms with van der Waals surface area (Å²) in [7, 11) is 0. The molecule has 0 atom stereocenters. The molecule has 3 aromatic rings.